The van der Waals surface area contributed by atoms with Crippen molar-refractivity contribution < 1.29 is 8.83 Å². The highest BCUT2D eigenvalue weighted by Gasteiger charge is 2.26. The van der Waals surface area contributed by atoms with E-state index in [1.54, 1.807) is 0 Å². The zero-order valence-corrected chi connectivity index (χ0v) is 29.8. The van der Waals surface area contributed by atoms with Crippen LogP contribution >= 0.6 is 0 Å². The summed E-state index contributed by atoms with van der Waals surface area (Å²) in [6, 6.07) is 70.7. The molecule has 0 saturated heterocycles. The van der Waals surface area contributed by atoms with E-state index in [9.17, 15) is 0 Å². The van der Waals surface area contributed by atoms with Crippen molar-refractivity contribution in [3.8, 4) is 33.4 Å². The van der Waals surface area contributed by atoms with E-state index in [1.165, 1.54) is 5.39 Å². The Bertz CT molecular complexity index is 3200. The SMILES string of the molecule is c1ccc(-c2ccc(N(c3cccc4c3oc3ccccc34)c3cccc4c3oc3cc(-c5ccccc5)c5ccccc5c34)c(-c3ccccc3)c2)cc1. The molecular formula is C52H33NO2. The van der Waals surface area contributed by atoms with E-state index in [-0.39, 0.29) is 0 Å². The standard InChI is InChI=1S/C52H33NO2/c1-4-16-34(17-5-1)37-30-31-45(44(32-37)36-20-8-3-9-21-36)53(46-27-14-25-41-39-23-12-13-29-48(39)54-51(41)46)47-28-15-26-42-50-40-24-11-10-22-38(40)43(33-49(50)55-52(42)47)35-18-6-2-7-19-35/h1-33H. The van der Waals surface area contributed by atoms with E-state index in [0.717, 1.165) is 99.7 Å². The average molecular weight is 704 g/mol. The van der Waals surface area contributed by atoms with E-state index in [0.29, 0.717) is 0 Å². The van der Waals surface area contributed by atoms with Crippen LogP contribution in [0.25, 0.3) is 88.0 Å². The molecule has 0 fully saturated rings. The van der Waals surface area contributed by atoms with Crippen molar-refractivity contribution >= 4 is 71.7 Å². The van der Waals surface area contributed by atoms with Crippen LogP contribution in [0.1, 0.15) is 0 Å². The highest BCUT2D eigenvalue weighted by Crippen LogP contribution is 2.50. The van der Waals surface area contributed by atoms with Crippen LogP contribution in [0.3, 0.4) is 0 Å². The lowest BCUT2D eigenvalue weighted by Gasteiger charge is -2.28. The molecule has 2 heterocycles. The Labute approximate surface area is 317 Å². The average Bonchev–Trinajstić information content (AvgIpc) is 3.84. The molecule has 55 heavy (non-hydrogen) atoms. The molecule has 0 N–H and O–H groups in total. The maximum absolute atomic E-state index is 7.12. The number of benzene rings is 9. The Morgan fingerprint density at radius 2 is 0.818 bits per heavy atom. The molecule has 258 valence electrons. The van der Waals surface area contributed by atoms with E-state index >= 15 is 0 Å². The van der Waals surface area contributed by atoms with Gasteiger partial charge in [0, 0.05) is 27.1 Å². The number of furan rings is 2. The second-order valence-electron chi connectivity index (χ2n) is 14.0. The van der Waals surface area contributed by atoms with Crippen molar-refractivity contribution in [3.05, 3.63) is 200 Å². The maximum atomic E-state index is 7.12. The van der Waals surface area contributed by atoms with Crippen molar-refractivity contribution in [2.75, 3.05) is 4.90 Å². The lowest BCUT2D eigenvalue weighted by Crippen LogP contribution is -2.12. The van der Waals surface area contributed by atoms with Crippen LogP contribution < -0.4 is 4.90 Å². The summed E-state index contributed by atoms with van der Waals surface area (Å²) in [5.74, 6) is 0. The minimum atomic E-state index is 0.812. The van der Waals surface area contributed by atoms with Crippen molar-refractivity contribution in [3.63, 3.8) is 0 Å². The van der Waals surface area contributed by atoms with Gasteiger partial charge in [-0.3, -0.25) is 0 Å². The van der Waals surface area contributed by atoms with Crippen LogP contribution in [-0.4, -0.2) is 0 Å². The number of para-hydroxylation sites is 3. The molecule has 0 aliphatic heterocycles. The topological polar surface area (TPSA) is 29.5 Å². The predicted molar refractivity (Wildman–Crippen MR) is 229 cm³/mol. The van der Waals surface area contributed by atoms with Crippen LogP contribution in [0.15, 0.2) is 209 Å². The molecule has 3 nitrogen and oxygen atoms in total. The van der Waals surface area contributed by atoms with E-state index in [1.807, 2.05) is 12.1 Å². The molecule has 0 amide bonds. The predicted octanol–water partition coefficient (Wildman–Crippen LogP) is 15.1. The fraction of sp³-hybridized carbons (Fsp3) is 0. The fourth-order valence-electron chi connectivity index (χ4n) is 8.37. The molecule has 0 bridgehead atoms. The molecule has 2 aromatic heterocycles. The second-order valence-corrected chi connectivity index (χ2v) is 14.0. The number of anilines is 3. The van der Waals surface area contributed by atoms with E-state index in [2.05, 4.69) is 193 Å². The first-order chi connectivity index (χ1) is 27.3. The summed E-state index contributed by atoms with van der Waals surface area (Å²) in [6.45, 7) is 0. The lowest BCUT2D eigenvalue weighted by atomic mass is 9.94. The van der Waals surface area contributed by atoms with Crippen LogP contribution in [0, 0.1) is 0 Å². The molecule has 0 aliphatic carbocycles. The van der Waals surface area contributed by atoms with Crippen molar-refractivity contribution in [1.82, 2.24) is 0 Å². The van der Waals surface area contributed by atoms with Gasteiger partial charge in [0.2, 0.25) is 0 Å². The van der Waals surface area contributed by atoms with Gasteiger partial charge in [-0.05, 0) is 75.0 Å². The van der Waals surface area contributed by atoms with Crippen LogP contribution in [0.2, 0.25) is 0 Å². The van der Waals surface area contributed by atoms with Gasteiger partial charge in [-0.1, -0.05) is 164 Å². The molecule has 0 aliphatic rings. The lowest BCUT2D eigenvalue weighted by molar-refractivity contribution is 0.666. The summed E-state index contributed by atoms with van der Waals surface area (Å²) in [5.41, 5.74) is 13.0. The first-order valence-corrected chi connectivity index (χ1v) is 18.7. The summed E-state index contributed by atoms with van der Waals surface area (Å²) in [5, 5.41) is 6.68. The smallest absolute Gasteiger partial charge is 0.159 e. The maximum Gasteiger partial charge on any atom is 0.159 e. The van der Waals surface area contributed by atoms with Gasteiger partial charge in [-0.25, -0.2) is 0 Å². The first-order valence-electron chi connectivity index (χ1n) is 18.7. The summed E-state index contributed by atoms with van der Waals surface area (Å²) in [6.07, 6.45) is 0. The number of fused-ring (bicyclic) bond motifs is 8. The zero-order chi connectivity index (χ0) is 36.3. The van der Waals surface area contributed by atoms with Gasteiger partial charge in [0.25, 0.3) is 0 Å². The Balaban J connectivity index is 1.24. The van der Waals surface area contributed by atoms with Crippen molar-refractivity contribution in [1.29, 1.82) is 0 Å². The van der Waals surface area contributed by atoms with Gasteiger partial charge in [-0.2, -0.15) is 0 Å². The van der Waals surface area contributed by atoms with Gasteiger partial charge in [0.05, 0.1) is 17.1 Å². The highest BCUT2D eigenvalue weighted by molar-refractivity contribution is 6.24. The molecule has 0 radical (unpaired) electrons. The summed E-state index contributed by atoms with van der Waals surface area (Å²) < 4.78 is 13.9. The normalized spacial score (nSPS) is 11.6. The monoisotopic (exact) mass is 703 g/mol. The minimum Gasteiger partial charge on any atom is -0.454 e. The van der Waals surface area contributed by atoms with Gasteiger partial charge in [0.15, 0.2) is 11.2 Å². The fourth-order valence-corrected chi connectivity index (χ4v) is 8.37. The Hall–Kier alpha value is -7.36. The third-order valence-corrected chi connectivity index (χ3v) is 10.9. The van der Waals surface area contributed by atoms with E-state index in [4.69, 9.17) is 8.83 Å². The van der Waals surface area contributed by atoms with Crippen molar-refractivity contribution in [2.45, 2.75) is 0 Å². The molecule has 11 rings (SSSR count). The Morgan fingerprint density at radius 3 is 1.53 bits per heavy atom. The van der Waals surface area contributed by atoms with Crippen LogP contribution in [0.5, 0.6) is 0 Å². The van der Waals surface area contributed by atoms with Gasteiger partial charge in [-0.15, -0.1) is 0 Å². The van der Waals surface area contributed by atoms with E-state index < -0.39 is 0 Å². The number of hydrogen-bond donors (Lipinski definition) is 0. The molecule has 0 unspecified atom stereocenters. The first kappa shape index (κ1) is 31.2. The third kappa shape index (κ3) is 5.05. The second kappa shape index (κ2) is 12.6. The summed E-state index contributed by atoms with van der Waals surface area (Å²) in [7, 11) is 0. The van der Waals surface area contributed by atoms with Crippen molar-refractivity contribution in [2.24, 2.45) is 0 Å². The van der Waals surface area contributed by atoms with Crippen LogP contribution in [-0.2, 0) is 0 Å². The van der Waals surface area contributed by atoms with Gasteiger partial charge < -0.3 is 13.7 Å². The van der Waals surface area contributed by atoms with Gasteiger partial charge >= 0.3 is 0 Å². The third-order valence-electron chi connectivity index (χ3n) is 10.9. The Kier molecular flexibility index (Phi) is 7.17. The molecule has 11 aromatic rings. The largest absolute Gasteiger partial charge is 0.454 e. The molecule has 0 saturated carbocycles. The van der Waals surface area contributed by atoms with Gasteiger partial charge in [0.1, 0.15) is 11.2 Å². The summed E-state index contributed by atoms with van der Waals surface area (Å²) in [4.78, 5) is 2.34. The number of nitrogens with zero attached hydrogens (tertiary/aromatic N) is 1. The van der Waals surface area contributed by atoms with Crippen LogP contribution in [0.4, 0.5) is 17.1 Å². The molecule has 0 atom stereocenters. The zero-order valence-electron chi connectivity index (χ0n) is 29.8. The minimum absolute atomic E-state index is 0.812. The number of hydrogen-bond acceptors (Lipinski definition) is 3. The molecular weight excluding hydrogens is 671 g/mol. The Morgan fingerprint density at radius 1 is 0.291 bits per heavy atom. The number of rotatable bonds is 6. The molecule has 0 spiro atoms. The molecule has 9 aromatic carbocycles. The highest BCUT2D eigenvalue weighted by atomic mass is 16.3. The summed E-state index contributed by atoms with van der Waals surface area (Å²) >= 11 is 0. The molecule has 3 heteroatoms. The quantitative estimate of drug-likeness (QED) is 0.173.